The van der Waals surface area contributed by atoms with Crippen molar-refractivity contribution < 1.29 is 0 Å². The zero-order valence-electron chi connectivity index (χ0n) is 32.5. The van der Waals surface area contributed by atoms with Crippen LogP contribution in [0.5, 0.6) is 0 Å². The van der Waals surface area contributed by atoms with Gasteiger partial charge in [0.1, 0.15) is 0 Å². The molecule has 8 rings (SSSR count). The highest BCUT2D eigenvalue weighted by Crippen LogP contribution is 2.32. The van der Waals surface area contributed by atoms with Gasteiger partial charge in [0.2, 0.25) is 0 Å². The molecule has 0 fully saturated rings. The summed E-state index contributed by atoms with van der Waals surface area (Å²) in [5.41, 5.74) is 10.8. The molecule has 0 unspecified atom stereocenters. The van der Waals surface area contributed by atoms with Crippen LogP contribution < -0.4 is 9.75 Å². The number of fused-ring (bicyclic) bond motifs is 1. The molecule has 0 amide bonds. The monoisotopic (exact) mass is 733 g/mol. The number of thiophene rings is 1. The van der Waals surface area contributed by atoms with Crippen molar-refractivity contribution in [1.82, 2.24) is 15.0 Å². The lowest BCUT2D eigenvalue weighted by Crippen LogP contribution is -2.19. The predicted octanol–water partition coefficient (Wildman–Crippen LogP) is 12.6. The Balaban J connectivity index is 0.000000509. The number of allylic oxidation sites excluding steroid dienone is 2. The predicted molar refractivity (Wildman–Crippen MR) is 237 cm³/mol. The van der Waals surface area contributed by atoms with Gasteiger partial charge in [-0.15, -0.1) is 11.3 Å². The normalized spacial score (nSPS) is 11.6. The van der Waals surface area contributed by atoms with Crippen LogP contribution in [-0.4, -0.2) is 15.0 Å². The van der Waals surface area contributed by atoms with Crippen LogP contribution in [0.4, 0.5) is 0 Å². The van der Waals surface area contributed by atoms with Gasteiger partial charge in [-0.1, -0.05) is 171 Å². The molecule has 0 saturated carbocycles. The molecular formula is C51H47N3S. The number of hydrogen-bond acceptors (Lipinski definition) is 4. The van der Waals surface area contributed by atoms with Gasteiger partial charge in [-0.25, -0.2) is 15.0 Å². The van der Waals surface area contributed by atoms with E-state index in [1.807, 2.05) is 99.6 Å². The molecule has 0 aliphatic carbocycles. The molecule has 3 nitrogen and oxygen atoms in total. The summed E-state index contributed by atoms with van der Waals surface area (Å²) in [6, 6.07) is 52.6. The van der Waals surface area contributed by atoms with E-state index in [0.717, 1.165) is 20.9 Å². The summed E-state index contributed by atoms with van der Waals surface area (Å²) in [6.07, 6.45) is 8.44. The van der Waals surface area contributed by atoms with Crippen molar-refractivity contribution in [1.29, 1.82) is 0 Å². The van der Waals surface area contributed by atoms with E-state index in [0.29, 0.717) is 17.5 Å². The second-order valence-corrected chi connectivity index (χ2v) is 14.1. The summed E-state index contributed by atoms with van der Waals surface area (Å²) in [5.74, 6) is 1.95. The van der Waals surface area contributed by atoms with Crippen LogP contribution in [0.1, 0.15) is 43.3 Å². The maximum absolute atomic E-state index is 4.95. The highest BCUT2D eigenvalue weighted by atomic mass is 32.1. The van der Waals surface area contributed by atoms with Gasteiger partial charge >= 0.3 is 0 Å². The number of rotatable bonds is 6. The molecule has 0 bridgehead atoms. The van der Waals surface area contributed by atoms with E-state index in [4.69, 9.17) is 15.0 Å². The number of aryl methyl sites for hydroxylation is 3. The molecule has 0 atom stereocenters. The van der Waals surface area contributed by atoms with Gasteiger partial charge in [-0.3, -0.25) is 0 Å². The Labute approximate surface area is 329 Å². The standard InChI is InChI=1S/C42H33N3S.C7H8.C2H6/c1-4-5-20-38-37(27-40-43-41(30-15-8-6-9-16-30)45-42(44-40)31-17-10-7-11-18-31)35-24-23-33(26-39(35)46-38)32-22-21-29(3)36(25-32)34-19-13-12-14-28(34)2;1-7-5-3-2-4-6-7;1-2/h4-27H,1-3H3;2-6H,1H3;1-2H3/b5-4-,37-27?,38-20+;;. The summed E-state index contributed by atoms with van der Waals surface area (Å²) in [6.45, 7) is 12.5. The van der Waals surface area contributed by atoms with Gasteiger partial charge in [-0.2, -0.15) is 0 Å². The largest absolute Gasteiger partial charge is 0.209 e. The molecule has 0 radical (unpaired) electrons. The Hall–Kier alpha value is -6.23. The SMILES string of the molecule is C/C=C\C=c1\sc2cc(-c3ccc(C)c(-c4ccccc4C)c3)ccc2c1=Cc1nc(-c2ccccc2)nc(-c2ccccc2)n1.CC.Cc1ccccc1. The van der Waals surface area contributed by atoms with Crippen molar-refractivity contribution in [2.24, 2.45) is 0 Å². The van der Waals surface area contributed by atoms with Crippen LogP contribution >= 0.6 is 11.3 Å². The van der Waals surface area contributed by atoms with Gasteiger partial charge in [0.25, 0.3) is 0 Å². The van der Waals surface area contributed by atoms with Crippen molar-refractivity contribution in [3.63, 3.8) is 0 Å². The van der Waals surface area contributed by atoms with E-state index in [1.54, 1.807) is 11.3 Å². The third kappa shape index (κ3) is 9.48. The Morgan fingerprint density at radius 1 is 0.509 bits per heavy atom. The Bertz CT molecular complexity index is 2580. The molecule has 8 aromatic rings. The van der Waals surface area contributed by atoms with Crippen LogP contribution in [0.3, 0.4) is 0 Å². The molecule has 272 valence electrons. The number of aromatic nitrogens is 3. The molecule has 0 saturated heterocycles. The molecule has 0 N–H and O–H groups in total. The highest BCUT2D eigenvalue weighted by molar-refractivity contribution is 7.17. The molecule has 0 spiro atoms. The summed E-state index contributed by atoms with van der Waals surface area (Å²) < 4.78 is 2.39. The van der Waals surface area contributed by atoms with E-state index >= 15 is 0 Å². The quantitative estimate of drug-likeness (QED) is 0.171. The molecule has 55 heavy (non-hydrogen) atoms. The highest BCUT2D eigenvalue weighted by Gasteiger charge is 2.12. The zero-order valence-corrected chi connectivity index (χ0v) is 33.3. The lowest BCUT2D eigenvalue weighted by atomic mass is 9.93. The van der Waals surface area contributed by atoms with E-state index in [9.17, 15) is 0 Å². The molecule has 0 aliphatic rings. The fourth-order valence-corrected chi connectivity index (χ4v) is 7.43. The second-order valence-electron chi connectivity index (χ2n) is 13.0. The topological polar surface area (TPSA) is 38.7 Å². The van der Waals surface area contributed by atoms with Crippen LogP contribution in [0.2, 0.25) is 0 Å². The van der Waals surface area contributed by atoms with Crippen LogP contribution in [-0.2, 0) is 0 Å². The van der Waals surface area contributed by atoms with E-state index in [1.165, 1.54) is 49.0 Å². The third-order valence-electron chi connectivity index (χ3n) is 9.13. The first-order valence-electron chi connectivity index (χ1n) is 18.9. The van der Waals surface area contributed by atoms with E-state index in [-0.39, 0.29) is 0 Å². The average Bonchev–Trinajstić information content (AvgIpc) is 3.58. The molecular weight excluding hydrogens is 687 g/mol. The fraction of sp³-hybridized carbons (Fsp3) is 0.118. The molecule has 2 heterocycles. The number of hydrogen-bond donors (Lipinski definition) is 0. The average molecular weight is 734 g/mol. The summed E-state index contributed by atoms with van der Waals surface area (Å²) >= 11 is 1.79. The molecule has 0 aliphatic heterocycles. The maximum Gasteiger partial charge on any atom is 0.164 e. The molecule has 4 heteroatoms. The first-order chi connectivity index (χ1) is 27.0. The fourth-order valence-electron chi connectivity index (χ4n) is 6.29. The van der Waals surface area contributed by atoms with Crippen LogP contribution in [0.25, 0.3) is 67.3 Å². The second kappa shape index (κ2) is 18.7. The van der Waals surface area contributed by atoms with Gasteiger partial charge in [0.05, 0.1) is 0 Å². The van der Waals surface area contributed by atoms with Crippen molar-refractivity contribution in [2.75, 3.05) is 0 Å². The first kappa shape index (κ1) is 38.5. The zero-order chi connectivity index (χ0) is 38.6. The van der Waals surface area contributed by atoms with E-state index < -0.39 is 0 Å². The molecule has 6 aromatic carbocycles. The lowest BCUT2D eigenvalue weighted by Gasteiger charge is -2.12. The first-order valence-corrected chi connectivity index (χ1v) is 19.7. The maximum atomic E-state index is 4.95. The smallest absolute Gasteiger partial charge is 0.164 e. The Morgan fingerprint density at radius 2 is 1.05 bits per heavy atom. The Kier molecular flexibility index (Phi) is 13.1. The van der Waals surface area contributed by atoms with Crippen molar-refractivity contribution >= 4 is 33.6 Å². The number of benzene rings is 6. The Morgan fingerprint density at radius 3 is 1.64 bits per heavy atom. The minimum absolute atomic E-state index is 0.632. The molecule has 2 aromatic heterocycles. The summed E-state index contributed by atoms with van der Waals surface area (Å²) in [4.78, 5) is 14.8. The van der Waals surface area contributed by atoms with Crippen molar-refractivity contribution in [2.45, 2.75) is 41.5 Å². The van der Waals surface area contributed by atoms with Gasteiger partial charge in [-0.05, 0) is 85.4 Å². The third-order valence-corrected chi connectivity index (χ3v) is 10.3. The van der Waals surface area contributed by atoms with Gasteiger partial charge in [0, 0.05) is 31.0 Å². The van der Waals surface area contributed by atoms with Gasteiger partial charge in [0.15, 0.2) is 17.5 Å². The van der Waals surface area contributed by atoms with E-state index in [2.05, 4.69) is 118 Å². The summed E-state index contributed by atoms with van der Waals surface area (Å²) in [5, 5.41) is 2.29. The van der Waals surface area contributed by atoms with Gasteiger partial charge < -0.3 is 0 Å². The van der Waals surface area contributed by atoms with Crippen LogP contribution in [0, 0.1) is 20.8 Å². The van der Waals surface area contributed by atoms with Crippen molar-refractivity contribution in [3.05, 3.63) is 196 Å². The summed E-state index contributed by atoms with van der Waals surface area (Å²) in [7, 11) is 0. The minimum Gasteiger partial charge on any atom is -0.209 e. The van der Waals surface area contributed by atoms with Crippen LogP contribution in [0.15, 0.2) is 164 Å². The minimum atomic E-state index is 0.632. The van der Waals surface area contributed by atoms with Crippen molar-refractivity contribution in [3.8, 4) is 45.0 Å². The number of nitrogens with zero attached hydrogens (tertiary/aromatic N) is 3. The lowest BCUT2D eigenvalue weighted by molar-refractivity contribution is 1.04.